The maximum absolute atomic E-state index is 4.16. The lowest BCUT2D eigenvalue weighted by Gasteiger charge is -2.00. The van der Waals surface area contributed by atoms with Gasteiger partial charge in [-0.3, -0.25) is 0 Å². The Morgan fingerprint density at radius 1 is 1.33 bits per heavy atom. The molecule has 2 rings (SSSR count). The lowest BCUT2D eigenvalue weighted by Crippen LogP contribution is -1.93. The fraction of sp³-hybridized carbons (Fsp3) is 0.200. The second kappa shape index (κ2) is 4.98. The van der Waals surface area contributed by atoms with Gasteiger partial charge in [-0.1, -0.05) is 23.9 Å². The minimum absolute atomic E-state index is 0.934. The second-order valence-electron chi connectivity index (χ2n) is 3.08. The minimum Gasteiger partial charge on any atom is -0.244 e. The zero-order chi connectivity index (χ0) is 10.7. The van der Waals surface area contributed by atoms with Crippen LogP contribution in [0.1, 0.15) is 5.56 Å². The maximum Gasteiger partial charge on any atom is 0.186 e. The molecule has 0 aliphatic heterocycles. The SMILES string of the molecule is Cn1ncnc1SCc1ccc(I)cc1. The van der Waals surface area contributed by atoms with Crippen LogP contribution in [0.3, 0.4) is 0 Å². The lowest BCUT2D eigenvalue weighted by atomic mass is 10.2. The van der Waals surface area contributed by atoms with E-state index in [9.17, 15) is 0 Å². The molecule has 3 nitrogen and oxygen atoms in total. The monoisotopic (exact) mass is 331 g/mol. The molecular weight excluding hydrogens is 321 g/mol. The first-order valence-corrected chi connectivity index (χ1v) is 6.53. The smallest absolute Gasteiger partial charge is 0.186 e. The van der Waals surface area contributed by atoms with Crippen molar-refractivity contribution in [2.24, 2.45) is 7.05 Å². The molecule has 0 fully saturated rings. The highest BCUT2D eigenvalue weighted by Crippen LogP contribution is 2.20. The molecule has 2 aromatic rings. The topological polar surface area (TPSA) is 30.7 Å². The van der Waals surface area contributed by atoms with Crippen LogP contribution < -0.4 is 0 Å². The molecule has 0 aliphatic carbocycles. The Balaban J connectivity index is 1.99. The third-order valence-corrected chi connectivity index (χ3v) is 3.78. The number of hydrogen-bond donors (Lipinski definition) is 0. The van der Waals surface area contributed by atoms with Crippen molar-refractivity contribution in [3.8, 4) is 0 Å². The van der Waals surface area contributed by atoms with Gasteiger partial charge in [0, 0.05) is 16.4 Å². The van der Waals surface area contributed by atoms with Crippen LogP contribution >= 0.6 is 34.4 Å². The molecule has 0 saturated carbocycles. The fourth-order valence-corrected chi connectivity index (χ4v) is 2.35. The van der Waals surface area contributed by atoms with E-state index >= 15 is 0 Å². The number of benzene rings is 1. The Morgan fingerprint density at radius 2 is 2.07 bits per heavy atom. The molecule has 1 aromatic carbocycles. The standard InChI is InChI=1S/C10H10IN3S/c1-14-10(12-7-13-14)15-6-8-2-4-9(11)5-3-8/h2-5,7H,6H2,1H3. The van der Waals surface area contributed by atoms with Crippen LogP contribution in [0.5, 0.6) is 0 Å². The quantitative estimate of drug-likeness (QED) is 0.640. The molecule has 0 amide bonds. The Bertz CT molecular complexity index is 438. The molecule has 0 bridgehead atoms. The lowest BCUT2D eigenvalue weighted by molar-refractivity contribution is 0.685. The summed E-state index contributed by atoms with van der Waals surface area (Å²) in [6.07, 6.45) is 1.58. The predicted octanol–water partition coefficient (Wildman–Crippen LogP) is 2.71. The van der Waals surface area contributed by atoms with Gasteiger partial charge in [0.1, 0.15) is 6.33 Å². The van der Waals surface area contributed by atoms with E-state index in [1.165, 1.54) is 9.13 Å². The van der Waals surface area contributed by atoms with Gasteiger partial charge in [0.2, 0.25) is 0 Å². The molecule has 0 radical (unpaired) electrons. The Kier molecular flexibility index (Phi) is 3.63. The van der Waals surface area contributed by atoms with Crippen LogP contribution in [-0.2, 0) is 12.8 Å². The van der Waals surface area contributed by atoms with Gasteiger partial charge in [0.05, 0.1) is 0 Å². The van der Waals surface area contributed by atoms with E-state index in [2.05, 4.69) is 56.9 Å². The van der Waals surface area contributed by atoms with Crippen LogP contribution in [0, 0.1) is 3.57 Å². The van der Waals surface area contributed by atoms with E-state index in [1.54, 1.807) is 22.8 Å². The van der Waals surface area contributed by atoms with Crippen LogP contribution in [0.2, 0.25) is 0 Å². The zero-order valence-corrected chi connectivity index (χ0v) is 11.2. The van der Waals surface area contributed by atoms with Crippen molar-refractivity contribution < 1.29 is 0 Å². The highest BCUT2D eigenvalue weighted by atomic mass is 127. The molecule has 0 atom stereocenters. The van der Waals surface area contributed by atoms with Gasteiger partial charge in [-0.15, -0.1) is 0 Å². The van der Waals surface area contributed by atoms with Crippen LogP contribution in [0.15, 0.2) is 35.7 Å². The molecule has 1 heterocycles. The highest BCUT2D eigenvalue weighted by Gasteiger charge is 2.01. The molecule has 0 unspecified atom stereocenters. The number of halogens is 1. The van der Waals surface area contributed by atoms with Crippen molar-refractivity contribution in [3.63, 3.8) is 0 Å². The van der Waals surface area contributed by atoms with E-state index < -0.39 is 0 Å². The maximum atomic E-state index is 4.16. The first-order valence-electron chi connectivity index (χ1n) is 4.47. The van der Waals surface area contributed by atoms with Gasteiger partial charge in [0.15, 0.2) is 5.16 Å². The molecule has 78 valence electrons. The molecule has 0 N–H and O–H groups in total. The number of nitrogens with zero attached hydrogens (tertiary/aromatic N) is 3. The summed E-state index contributed by atoms with van der Waals surface area (Å²) in [6, 6.07) is 8.52. The normalized spacial score (nSPS) is 10.5. The first-order chi connectivity index (χ1) is 7.25. The van der Waals surface area contributed by atoms with Gasteiger partial charge in [-0.05, 0) is 40.3 Å². The van der Waals surface area contributed by atoms with Crippen molar-refractivity contribution in [1.82, 2.24) is 14.8 Å². The van der Waals surface area contributed by atoms with Gasteiger partial charge in [0.25, 0.3) is 0 Å². The number of thioether (sulfide) groups is 1. The van der Waals surface area contributed by atoms with E-state index in [0.717, 1.165) is 10.9 Å². The predicted molar refractivity (Wildman–Crippen MR) is 69.7 cm³/mol. The molecule has 5 heteroatoms. The average Bonchev–Trinajstić information content (AvgIpc) is 2.63. The average molecular weight is 331 g/mol. The van der Waals surface area contributed by atoms with Gasteiger partial charge >= 0.3 is 0 Å². The summed E-state index contributed by atoms with van der Waals surface area (Å²) in [6.45, 7) is 0. The summed E-state index contributed by atoms with van der Waals surface area (Å²) in [7, 11) is 1.91. The summed E-state index contributed by atoms with van der Waals surface area (Å²) < 4.78 is 3.05. The third-order valence-electron chi connectivity index (χ3n) is 1.95. The van der Waals surface area contributed by atoms with E-state index in [0.29, 0.717) is 0 Å². The van der Waals surface area contributed by atoms with Crippen LogP contribution in [0.25, 0.3) is 0 Å². The number of hydrogen-bond acceptors (Lipinski definition) is 3. The highest BCUT2D eigenvalue weighted by molar-refractivity contribution is 14.1. The molecule has 0 spiro atoms. The van der Waals surface area contributed by atoms with Crippen molar-refractivity contribution in [3.05, 3.63) is 39.7 Å². The van der Waals surface area contributed by atoms with Crippen molar-refractivity contribution in [2.45, 2.75) is 10.9 Å². The molecule has 0 saturated heterocycles. The van der Waals surface area contributed by atoms with Crippen molar-refractivity contribution in [1.29, 1.82) is 0 Å². The number of aryl methyl sites for hydroxylation is 1. The summed E-state index contributed by atoms with van der Waals surface area (Å²) in [5, 5.41) is 4.98. The van der Waals surface area contributed by atoms with Gasteiger partial charge < -0.3 is 0 Å². The van der Waals surface area contributed by atoms with Crippen LogP contribution in [-0.4, -0.2) is 14.8 Å². The first kappa shape index (κ1) is 10.9. The largest absolute Gasteiger partial charge is 0.244 e. The second-order valence-corrected chi connectivity index (χ2v) is 5.27. The number of rotatable bonds is 3. The molecular formula is C10H10IN3S. The third kappa shape index (κ3) is 2.94. The summed E-state index contributed by atoms with van der Waals surface area (Å²) >= 11 is 4.01. The Morgan fingerprint density at radius 3 is 2.67 bits per heavy atom. The fourth-order valence-electron chi connectivity index (χ4n) is 1.14. The van der Waals surface area contributed by atoms with Gasteiger partial charge in [-0.2, -0.15) is 5.10 Å². The summed E-state index contributed by atoms with van der Waals surface area (Å²) in [4.78, 5) is 4.16. The number of aromatic nitrogens is 3. The molecule has 1 aromatic heterocycles. The van der Waals surface area contributed by atoms with Crippen molar-refractivity contribution >= 4 is 34.4 Å². The van der Waals surface area contributed by atoms with Crippen molar-refractivity contribution in [2.75, 3.05) is 0 Å². The Hall–Kier alpha value is -0.560. The minimum atomic E-state index is 0.934. The molecule has 0 aliphatic rings. The Labute approximate surface area is 106 Å². The zero-order valence-electron chi connectivity index (χ0n) is 8.22. The van der Waals surface area contributed by atoms with Gasteiger partial charge in [-0.25, -0.2) is 9.67 Å². The summed E-state index contributed by atoms with van der Waals surface area (Å²) in [5.74, 6) is 0.934. The molecule has 15 heavy (non-hydrogen) atoms. The van der Waals surface area contributed by atoms with E-state index in [1.807, 2.05) is 7.05 Å². The van der Waals surface area contributed by atoms with Crippen LogP contribution in [0.4, 0.5) is 0 Å². The van der Waals surface area contributed by atoms with E-state index in [-0.39, 0.29) is 0 Å². The summed E-state index contributed by atoms with van der Waals surface area (Å²) in [5.41, 5.74) is 1.31. The van der Waals surface area contributed by atoms with E-state index in [4.69, 9.17) is 0 Å².